The molecule has 1 N–H and O–H groups in total. The molecule has 2 aliphatic carbocycles. The molecule has 0 radical (unpaired) electrons. The molecular formula is C17H25NO. The van der Waals surface area contributed by atoms with Gasteiger partial charge in [-0.3, -0.25) is 0 Å². The quantitative estimate of drug-likeness (QED) is 0.869. The Hall–Kier alpha value is -1.02. The van der Waals surface area contributed by atoms with Crippen molar-refractivity contribution in [3.8, 4) is 5.75 Å². The zero-order valence-corrected chi connectivity index (χ0v) is 12.1. The van der Waals surface area contributed by atoms with E-state index in [2.05, 4.69) is 24.4 Å². The van der Waals surface area contributed by atoms with Crippen molar-refractivity contribution < 1.29 is 4.74 Å². The van der Waals surface area contributed by atoms with Gasteiger partial charge in [-0.15, -0.1) is 0 Å². The second-order valence-corrected chi connectivity index (χ2v) is 6.34. The van der Waals surface area contributed by atoms with Gasteiger partial charge < -0.3 is 10.1 Å². The number of ether oxygens (including phenoxy) is 1. The summed E-state index contributed by atoms with van der Waals surface area (Å²) in [5, 5.41) is 3.72. The average molecular weight is 259 g/mol. The van der Waals surface area contributed by atoms with E-state index in [0.717, 1.165) is 23.5 Å². The maximum atomic E-state index is 5.20. The van der Waals surface area contributed by atoms with Crippen molar-refractivity contribution in [3.63, 3.8) is 0 Å². The summed E-state index contributed by atoms with van der Waals surface area (Å²) in [4.78, 5) is 0. The van der Waals surface area contributed by atoms with Crippen LogP contribution in [-0.4, -0.2) is 13.7 Å². The highest BCUT2D eigenvalue weighted by atomic mass is 16.5. The van der Waals surface area contributed by atoms with Crippen LogP contribution in [0.2, 0.25) is 0 Å². The molecule has 0 saturated heterocycles. The fourth-order valence-electron chi connectivity index (χ4n) is 3.97. The van der Waals surface area contributed by atoms with Crippen LogP contribution >= 0.6 is 0 Å². The standard InChI is InChI=1S/C17H25NO/c1-12(14-5-7-17(19-2)8-6-14)18-11-16-10-13-3-4-15(16)9-13/h5-8,12-13,15-16,18H,3-4,9-11H2,1-2H3. The summed E-state index contributed by atoms with van der Waals surface area (Å²) in [5.41, 5.74) is 1.35. The smallest absolute Gasteiger partial charge is 0.118 e. The van der Waals surface area contributed by atoms with E-state index in [1.807, 2.05) is 12.1 Å². The minimum Gasteiger partial charge on any atom is -0.497 e. The van der Waals surface area contributed by atoms with Crippen molar-refractivity contribution in [3.05, 3.63) is 29.8 Å². The van der Waals surface area contributed by atoms with E-state index in [1.54, 1.807) is 7.11 Å². The van der Waals surface area contributed by atoms with Crippen LogP contribution in [0, 0.1) is 17.8 Å². The molecule has 2 fully saturated rings. The first-order valence-electron chi connectivity index (χ1n) is 7.63. The van der Waals surface area contributed by atoms with Gasteiger partial charge in [0.05, 0.1) is 7.11 Å². The van der Waals surface area contributed by atoms with Gasteiger partial charge in [0.1, 0.15) is 5.75 Å². The van der Waals surface area contributed by atoms with Crippen LogP contribution in [0.15, 0.2) is 24.3 Å². The van der Waals surface area contributed by atoms with E-state index in [0.29, 0.717) is 6.04 Å². The maximum absolute atomic E-state index is 5.20. The molecule has 0 aromatic heterocycles. The van der Waals surface area contributed by atoms with E-state index >= 15 is 0 Å². The van der Waals surface area contributed by atoms with Gasteiger partial charge >= 0.3 is 0 Å². The first-order valence-corrected chi connectivity index (χ1v) is 7.63. The van der Waals surface area contributed by atoms with Crippen molar-refractivity contribution >= 4 is 0 Å². The molecular weight excluding hydrogens is 234 g/mol. The molecule has 0 aliphatic heterocycles. The molecule has 4 atom stereocenters. The largest absolute Gasteiger partial charge is 0.497 e. The number of hydrogen-bond acceptors (Lipinski definition) is 2. The number of hydrogen-bond donors (Lipinski definition) is 1. The molecule has 3 rings (SSSR count). The van der Waals surface area contributed by atoms with Crippen LogP contribution < -0.4 is 10.1 Å². The Morgan fingerprint density at radius 2 is 2.00 bits per heavy atom. The molecule has 2 bridgehead atoms. The van der Waals surface area contributed by atoms with Crippen LogP contribution in [0.5, 0.6) is 5.75 Å². The molecule has 1 aromatic carbocycles. The Kier molecular flexibility index (Phi) is 3.79. The molecule has 104 valence electrons. The van der Waals surface area contributed by atoms with Gasteiger partial charge in [0.15, 0.2) is 0 Å². The van der Waals surface area contributed by atoms with E-state index < -0.39 is 0 Å². The summed E-state index contributed by atoms with van der Waals surface area (Å²) in [7, 11) is 1.71. The van der Waals surface area contributed by atoms with Crippen molar-refractivity contribution in [1.29, 1.82) is 0 Å². The lowest BCUT2D eigenvalue weighted by Crippen LogP contribution is -2.28. The van der Waals surface area contributed by atoms with Crippen molar-refractivity contribution in [1.82, 2.24) is 5.32 Å². The minimum absolute atomic E-state index is 0.435. The highest BCUT2D eigenvalue weighted by Gasteiger charge is 2.39. The lowest BCUT2D eigenvalue weighted by molar-refractivity contribution is 0.309. The normalized spacial score (nSPS) is 30.5. The highest BCUT2D eigenvalue weighted by Crippen LogP contribution is 2.48. The number of nitrogens with one attached hydrogen (secondary N) is 1. The SMILES string of the molecule is COc1ccc(C(C)NCC2CC3CCC2C3)cc1. The summed E-state index contributed by atoms with van der Waals surface area (Å²) in [6.07, 6.45) is 5.94. The Bertz CT molecular complexity index is 414. The predicted molar refractivity (Wildman–Crippen MR) is 78.3 cm³/mol. The average Bonchev–Trinajstić information content (AvgIpc) is 3.07. The van der Waals surface area contributed by atoms with Gasteiger partial charge in [-0.25, -0.2) is 0 Å². The molecule has 2 aliphatic rings. The fourth-order valence-corrected chi connectivity index (χ4v) is 3.97. The van der Waals surface area contributed by atoms with Gasteiger partial charge in [0.25, 0.3) is 0 Å². The first-order chi connectivity index (χ1) is 9.26. The predicted octanol–water partition coefficient (Wildman–Crippen LogP) is 3.78. The second-order valence-electron chi connectivity index (χ2n) is 6.34. The molecule has 0 amide bonds. The number of benzene rings is 1. The van der Waals surface area contributed by atoms with Crippen LogP contribution in [-0.2, 0) is 0 Å². The maximum Gasteiger partial charge on any atom is 0.118 e. The van der Waals surface area contributed by atoms with Crippen LogP contribution in [0.25, 0.3) is 0 Å². The Balaban J connectivity index is 1.51. The molecule has 19 heavy (non-hydrogen) atoms. The third-order valence-corrected chi connectivity index (χ3v) is 5.19. The van der Waals surface area contributed by atoms with Gasteiger partial charge in [0.2, 0.25) is 0 Å². The molecule has 1 aromatic rings. The third-order valence-electron chi connectivity index (χ3n) is 5.19. The minimum atomic E-state index is 0.435. The van der Waals surface area contributed by atoms with Crippen molar-refractivity contribution in [2.75, 3.05) is 13.7 Å². The summed E-state index contributed by atoms with van der Waals surface area (Å²) >= 11 is 0. The fraction of sp³-hybridized carbons (Fsp3) is 0.647. The van der Waals surface area contributed by atoms with Crippen molar-refractivity contribution in [2.24, 2.45) is 17.8 Å². The molecule has 2 nitrogen and oxygen atoms in total. The summed E-state index contributed by atoms with van der Waals surface area (Å²) < 4.78 is 5.20. The van der Waals surface area contributed by atoms with E-state index in [9.17, 15) is 0 Å². The summed E-state index contributed by atoms with van der Waals surface area (Å²) in [6, 6.07) is 8.86. The van der Waals surface area contributed by atoms with Gasteiger partial charge in [-0.1, -0.05) is 18.6 Å². The number of fused-ring (bicyclic) bond motifs is 2. The molecule has 4 unspecified atom stereocenters. The zero-order chi connectivity index (χ0) is 13.2. The summed E-state index contributed by atoms with van der Waals surface area (Å²) in [5.74, 6) is 3.93. The Morgan fingerprint density at radius 3 is 2.58 bits per heavy atom. The van der Waals surface area contributed by atoms with Crippen LogP contribution in [0.4, 0.5) is 0 Å². The third kappa shape index (κ3) is 2.79. The van der Waals surface area contributed by atoms with Crippen molar-refractivity contribution in [2.45, 2.75) is 38.6 Å². The monoisotopic (exact) mass is 259 g/mol. The molecule has 2 heteroatoms. The Labute approximate surface area is 116 Å². The van der Waals surface area contributed by atoms with E-state index in [4.69, 9.17) is 4.74 Å². The van der Waals surface area contributed by atoms with Crippen LogP contribution in [0.1, 0.15) is 44.2 Å². The highest BCUT2D eigenvalue weighted by molar-refractivity contribution is 5.28. The van der Waals surface area contributed by atoms with Crippen LogP contribution in [0.3, 0.4) is 0 Å². The zero-order valence-electron chi connectivity index (χ0n) is 12.1. The molecule has 0 heterocycles. The molecule has 2 saturated carbocycles. The topological polar surface area (TPSA) is 21.3 Å². The Morgan fingerprint density at radius 1 is 1.21 bits per heavy atom. The van der Waals surface area contributed by atoms with E-state index in [1.165, 1.54) is 37.8 Å². The lowest BCUT2D eigenvalue weighted by Gasteiger charge is -2.24. The van der Waals surface area contributed by atoms with Gasteiger partial charge in [0, 0.05) is 6.04 Å². The first kappa shape index (κ1) is 13.0. The second kappa shape index (κ2) is 5.54. The lowest BCUT2D eigenvalue weighted by atomic mass is 9.88. The number of methoxy groups -OCH3 is 1. The molecule has 0 spiro atoms. The number of rotatable bonds is 5. The van der Waals surface area contributed by atoms with Gasteiger partial charge in [-0.05, 0) is 68.2 Å². The van der Waals surface area contributed by atoms with Gasteiger partial charge in [-0.2, -0.15) is 0 Å². The summed E-state index contributed by atoms with van der Waals surface area (Å²) in [6.45, 7) is 3.45. The van der Waals surface area contributed by atoms with E-state index in [-0.39, 0.29) is 0 Å².